The van der Waals surface area contributed by atoms with Crippen LogP contribution in [0.4, 0.5) is 0 Å². The SMILES string of the molecule is CCNC(=NCCc1cccc(OCC)c1)N1CCCC(CC(N)=O)C1.I. The molecule has 0 spiro atoms. The van der Waals surface area contributed by atoms with E-state index < -0.39 is 0 Å². The average molecular weight is 488 g/mol. The van der Waals surface area contributed by atoms with Crippen molar-refractivity contribution >= 4 is 35.8 Å². The number of piperidine rings is 1. The van der Waals surface area contributed by atoms with Crippen LogP contribution in [0.2, 0.25) is 0 Å². The number of primary amides is 1. The molecule has 1 atom stereocenters. The van der Waals surface area contributed by atoms with Crippen LogP contribution in [0, 0.1) is 5.92 Å². The van der Waals surface area contributed by atoms with Crippen molar-refractivity contribution in [3.05, 3.63) is 29.8 Å². The highest BCUT2D eigenvalue weighted by atomic mass is 127. The van der Waals surface area contributed by atoms with Gasteiger partial charge in [-0.05, 0) is 56.7 Å². The Bertz CT molecular complexity index is 609. The van der Waals surface area contributed by atoms with Gasteiger partial charge < -0.3 is 20.7 Å². The molecular weight excluding hydrogens is 455 g/mol. The molecule has 3 N–H and O–H groups in total. The number of amides is 1. The van der Waals surface area contributed by atoms with Crippen LogP contribution in [0.1, 0.15) is 38.7 Å². The molecule has 27 heavy (non-hydrogen) atoms. The van der Waals surface area contributed by atoms with Crippen molar-refractivity contribution in [2.45, 2.75) is 39.5 Å². The van der Waals surface area contributed by atoms with Crippen LogP contribution >= 0.6 is 24.0 Å². The van der Waals surface area contributed by atoms with Gasteiger partial charge in [0.2, 0.25) is 5.91 Å². The van der Waals surface area contributed by atoms with Gasteiger partial charge in [0.1, 0.15) is 5.75 Å². The van der Waals surface area contributed by atoms with E-state index >= 15 is 0 Å². The summed E-state index contributed by atoms with van der Waals surface area (Å²) in [5.41, 5.74) is 6.59. The minimum absolute atomic E-state index is 0. The van der Waals surface area contributed by atoms with Crippen LogP contribution < -0.4 is 15.8 Å². The second-order valence-electron chi connectivity index (χ2n) is 6.69. The second-order valence-corrected chi connectivity index (χ2v) is 6.69. The summed E-state index contributed by atoms with van der Waals surface area (Å²) in [6, 6.07) is 8.19. The molecular formula is C20H33IN4O2. The van der Waals surface area contributed by atoms with Crippen molar-refractivity contribution in [2.75, 3.05) is 32.8 Å². The first kappa shape index (κ1) is 23.5. The van der Waals surface area contributed by atoms with Gasteiger partial charge >= 0.3 is 0 Å². The van der Waals surface area contributed by atoms with Crippen LogP contribution in [-0.2, 0) is 11.2 Å². The summed E-state index contributed by atoms with van der Waals surface area (Å²) in [7, 11) is 0. The minimum Gasteiger partial charge on any atom is -0.494 e. The van der Waals surface area contributed by atoms with Gasteiger partial charge in [0.15, 0.2) is 5.96 Å². The molecule has 1 saturated heterocycles. The zero-order chi connectivity index (χ0) is 18.8. The summed E-state index contributed by atoms with van der Waals surface area (Å²) in [4.78, 5) is 18.3. The second kappa shape index (κ2) is 12.8. The fourth-order valence-electron chi connectivity index (χ4n) is 3.38. The standard InChI is InChI=1S/C20H32N4O2.HI/c1-3-22-20(24-12-6-8-17(15-24)14-19(21)25)23-11-10-16-7-5-9-18(13-16)26-4-2;/h5,7,9,13,17H,3-4,6,8,10-12,14-15H2,1-2H3,(H2,21,25)(H,22,23);1H. The number of guanidine groups is 1. The summed E-state index contributed by atoms with van der Waals surface area (Å²) in [5, 5.41) is 3.38. The number of halogens is 1. The third-order valence-corrected chi connectivity index (χ3v) is 4.51. The first-order valence-electron chi connectivity index (χ1n) is 9.65. The third-order valence-electron chi connectivity index (χ3n) is 4.51. The van der Waals surface area contributed by atoms with Crippen LogP contribution in [-0.4, -0.2) is 49.6 Å². The molecule has 1 heterocycles. The van der Waals surface area contributed by atoms with Crippen LogP contribution in [0.5, 0.6) is 5.75 Å². The number of carbonyl (C=O) groups is 1. The van der Waals surface area contributed by atoms with E-state index in [0.29, 0.717) is 18.9 Å². The number of aliphatic imine (C=N–C) groups is 1. The summed E-state index contributed by atoms with van der Waals surface area (Å²) in [6.07, 6.45) is 3.45. The van der Waals surface area contributed by atoms with Crippen molar-refractivity contribution in [1.29, 1.82) is 0 Å². The molecule has 1 aliphatic rings. The molecule has 0 radical (unpaired) electrons. The predicted molar refractivity (Wildman–Crippen MR) is 121 cm³/mol. The Kier molecular flexibility index (Phi) is 11.2. The molecule has 6 nitrogen and oxygen atoms in total. The Morgan fingerprint density at radius 3 is 2.93 bits per heavy atom. The summed E-state index contributed by atoms with van der Waals surface area (Å²) in [5.74, 6) is 1.95. The van der Waals surface area contributed by atoms with E-state index in [0.717, 1.165) is 57.2 Å². The molecule has 0 aromatic heterocycles. The summed E-state index contributed by atoms with van der Waals surface area (Å²) < 4.78 is 5.56. The lowest BCUT2D eigenvalue weighted by molar-refractivity contribution is -0.119. The molecule has 1 unspecified atom stereocenters. The average Bonchev–Trinajstić information content (AvgIpc) is 2.61. The highest BCUT2D eigenvalue weighted by Gasteiger charge is 2.23. The summed E-state index contributed by atoms with van der Waals surface area (Å²) in [6.45, 7) is 8.10. The number of ether oxygens (including phenoxy) is 1. The van der Waals surface area contributed by atoms with E-state index in [1.807, 2.05) is 19.1 Å². The molecule has 0 saturated carbocycles. The number of hydrogen-bond acceptors (Lipinski definition) is 3. The van der Waals surface area contributed by atoms with Crippen molar-refractivity contribution < 1.29 is 9.53 Å². The lowest BCUT2D eigenvalue weighted by Gasteiger charge is -2.34. The molecule has 1 fully saturated rings. The first-order chi connectivity index (χ1) is 12.6. The van der Waals surface area contributed by atoms with E-state index in [-0.39, 0.29) is 29.9 Å². The molecule has 1 aliphatic heterocycles. The van der Waals surface area contributed by atoms with Gasteiger partial charge in [-0.3, -0.25) is 9.79 Å². The highest BCUT2D eigenvalue weighted by Crippen LogP contribution is 2.19. The Labute approximate surface area is 179 Å². The quantitative estimate of drug-likeness (QED) is 0.335. The number of nitrogens with one attached hydrogen (secondary N) is 1. The lowest BCUT2D eigenvalue weighted by Crippen LogP contribution is -2.47. The number of rotatable bonds is 8. The van der Waals surface area contributed by atoms with Gasteiger partial charge in [-0.15, -0.1) is 24.0 Å². The van der Waals surface area contributed by atoms with Gasteiger partial charge in [-0.1, -0.05) is 12.1 Å². The number of nitrogens with two attached hydrogens (primary N) is 1. The number of benzene rings is 1. The molecule has 7 heteroatoms. The number of hydrogen-bond donors (Lipinski definition) is 2. The normalized spacial score (nSPS) is 17.2. The Morgan fingerprint density at radius 1 is 1.41 bits per heavy atom. The van der Waals surface area contributed by atoms with Gasteiger partial charge in [0.25, 0.3) is 0 Å². The van der Waals surface area contributed by atoms with Gasteiger partial charge in [0.05, 0.1) is 6.61 Å². The third kappa shape index (κ3) is 8.36. The minimum atomic E-state index is -0.215. The van der Waals surface area contributed by atoms with Crippen molar-refractivity contribution in [3.63, 3.8) is 0 Å². The van der Waals surface area contributed by atoms with Crippen LogP contribution in [0.25, 0.3) is 0 Å². The molecule has 1 amide bonds. The molecule has 1 aromatic carbocycles. The summed E-state index contributed by atoms with van der Waals surface area (Å²) >= 11 is 0. The monoisotopic (exact) mass is 488 g/mol. The molecule has 2 rings (SSSR count). The molecule has 0 bridgehead atoms. The molecule has 0 aliphatic carbocycles. The Hall–Kier alpha value is -1.51. The number of carbonyl (C=O) groups excluding carboxylic acids is 1. The number of likely N-dealkylation sites (tertiary alicyclic amines) is 1. The van der Waals surface area contributed by atoms with Gasteiger partial charge in [0, 0.05) is 32.6 Å². The van der Waals surface area contributed by atoms with Crippen molar-refractivity contribution in [2.24, 2.45) is 16.6 Å². The topological polar surface area (TPSA) is 80.0 Å². The van der Waals surface area contributed by atoms with E-state index in [1.54, 1.807) is 0 Å². The van der Waals surface area contributed by atoms with Crippen molar-refractivity contribution in [1.82, 2.24) is 10.2 Å². The Morgan fingerprint density at radius 2 is 2.22 bits per heavy atom. The fraction of sp³-hybridized carbons (Fsp3) is 0.600. The van der Waals surface area contributed by atoms with E-state index in [9.17, 15) is 4.79 Å². The zero-order valence-electron chi connectivity index (χ0n) is 16.4. The predicted octanol–water partition coefficient (Wildman–Crippen LogP) is 2.80. The zero-order valence-corrected chi connectivity index (χ0v) is 18.8. The van der Waals surface area contributed by atoms with E-state index in [1.165, 1.54) is 5.56 Å². The maximum absolute atomic E-state index is 11.2. The lowest BCUT2D eigenvalue weighted by atomic mass is 9.95. The molecule has 1 aromatic rings. The fourth-order valence-corrected chi connectivity index (χ4v) is 3.38. The Balaban J connectivity index is 0.00000364. The maximum Gasteiger partial charge on any atom is 0.217 e. The highest BCUT2D eigenvalue weighted by molar-refractivity contribution is 14.0. The number of nitrogens with zero attached hydrogens (tertiary/aromatic N) is 2. The van der Waals surface area contributed by atoms with Crippen LogP contribution in [0.3, 0.4) is 0 Å². The van der Waals surface area contributed by atoms with E-state index in [2.05, 4.69) is 29.3 Å². The van der Waals surface area contributed by atoms with Crippen LogP contribution in [0.15, 0.2) is 29.3 Å². The largest absolute Gasteiger partial charge is 0.494 e. The van der Waals surface area contributed by atoms with E-state index in [4.69, 9.17) is 15.5 Å². The first-order valence-corrected chi connectivity index (χ1v) is 9.65. The van der Waals surface area contributed by atoms with Crippen molar-refractivity contribution in [3.8, 4) is 5.75 Å². The van der Waals surface area contributed by atoms with Gasteiger partial charge in [-0.2, -0.15) is 0 Å². The smallest absolute Gasteiger partial charge is 0.217 e. The van der Waals surface area contributed by atoms with Gasteiger partial charge in [-0.25, -0.2) is 0 Å². The molecule has 152 valence electrons. The maximum atomic E-state index is 11.2.